The normalized spacial score (nSPS) is 25.6. The average Bonchev–Trinajstić information content (AvgIpc) is 3.19. The van der Waals surface area contributed by atoms with Crippen LogP contribution in [0.1, 0.15) is 11.7 Å². The molecule has 1 aromatic rings. The lowest BCUT2D eigenvalue weighted by Gasteiger charge is -2.09. The summed E-state index contributed by atoms with van der Waals surface area (Å²) in [5, 5.41) is 0. The second-order valence-corrected chi connectivity index (χ2v) is 4.74. The Bertz CT molecular complexity index is 430. The van der Waals surface area contributed by atoms with Gasteiger partial charge in [0.25, 0.3) is 0 Å². The minimum Gasteiger partial charge on any atom is -0.405 e. The van der Waals surface area contributed by atoms with Gasteiger partial charge in [-0.15, -0.1) is 6.58 Å². The Labute approximate surface area is 113 Å². The van der Waals surface area contributed by atoms with E-state index in [2.05, 4.69) is 18.7 Å². The molecule has 0 amide bonds. The topological polar surface area (TPSA) is 40.2 Å². The minimum atomic E-state index is -0.286. The molecule has 1 aromatic carbocycles. The predicted octanol–water partition coefficient (Wildman–Crippen LogP) is 1.07. The summed E-state index contributed by atoms with van der Waals surface area (Å²) in [7, 11) is -0.286. The van der Waals surface area contributed by atoms with Gasteiger partial charge in [-0.3, -0.25) is 0 Å². The number of hydrogen-bond acceptors (Lipinski definition) is 4. The number of rotatable bonds is 6. The van der Waals surface area contributed by atoms with E-state index < -0.39 is 0 Å². The van der Waals surface area contributed by atoms with Crippen LogP contribution in [0.3, 0.4) is 0 Å². The molecule has 2 aliphatic rings. The van der Waals surface area contributed by atoms with Gasteiger partial charge in [-0.1, -0.05) is 30.3 Å². The molecule has 0 aliphatic carbocycles. The molecule has 0 aromatic heterocycles. The van der Waals surface area contributed by atoms with E-state index in [1.807, 2.05) is 12.1 Å². The van der Waals surface area contributed by atoms with Gasteiger partial charge >= 0.3 is 7.12 Å². The predicted molar refractivity (Wildman–Crippen MR) is 72.4 cm³/mol. The lowest BCUT2D eigenvalue weighted by Crippen LogP contribution is -2.33. The average molecular weight is 260 g/mol. The van der Waals surface area contributed by atoms with E-state index in [1.165, 1.54) is 5.56 Å². The van der Waals surface area contributed by atoms with E-state index in [0.29, 0.717) is 25.9 Å². The lowest BCUT2D eigenvalue weighted by molar-refractivity contribution is 0.0750. The Morgan fingerprint density at radius 2 is 2.11 bits per heavy atom. The molecule has 5 heteroatoms. The molecule has 2 unspecified atom stereocenters. The standard InChI is InChI=1S/C14H17BO4/c1-2-7-16-8-13-9-18-15(19-13)12-5-3-11(4-6-12)14-10-17-14/h2-6,13-14H,1,7-10H2. The second kappa shape index (κ2) is 5.88. The second-order valence-electron chi connectivity index (χ2n) is 4.74. The molecule has 4 nitrogen and oxygen atoms in total. The van der Waals surface area contributed by atoms with E-state index in [-0.39, 0.29) is 13.2 Å². The molecule has 19 heavy (non-hydrogen) atoms. The van der Waals surface area contributed by atoms with Gasteiger partial charge in [-0.25, -0.2) is 0 Å². The number of benzene rings is 1. The highest BCUT2D eigenvalue weighted by Gasteiger charge is 2.33. The van der Waals surface area contributed by atoms with E-state index in [1.54, 1.807) is 6.08 Å². The summed E-state index contributed by atoms with van der Waals surface area (Å²) in [4.78, 5) is 0. The van der Waals surface area contributed by atoms with Crippen molar-refractivity contribution in [2.45, 2.75) is 12.2 Å². The third-order valence-corrected chi connectivity index (χ3v) is 3.20. The van der Waals surface area contributed by atoms with Crippen molar-refractivity contribution in [3.8, 4) is 0 Å². The van der Waals surface area contributed by atoms with Crippen LogP contribution in [0, 0.1) is 0 Å². The van der Waals surface area contributed by atoms with Crippen LogP contribution in [0.2, 0.25) is 0 Å². The molecule has 100 valence electrons. The summed E-state index contributed by atoms with van der Waals surface area (Å²) in [6.07, 6.45) is 2.02. The van der Waals surface area contributed by atoms with E-state index >= 15 is 0 Å². The molecule has 2 saturated heterocycles. The molecular formula is C14H17BO4. The van der Waals surface area contributed by atoms with Crippen LogP contribution in [0.25, 0.3) is 0 Å². The largest absolute Gasteiger partial charge is 0.494 e. The van der Waals surface area contributed by atoms with Crippen LogP contribution >= 0.6 is 0 Å². The van der Waals surface area contributed by atoms with Crippen LogP contribution in [0.15, 0.2) is 36.9 Å². The Balaban J connectivity index is 1.53. The van der Waals surface area contributed by atoms with Gasteiger partial charge in [-0.05, 0) is 11.0 Å². The monoisotopic (exact) mass is 260 g/mol. The quantitative estimate of drug-likeness (QED) is 0.332. The molecule has 2 heterocycles. The van der Waals surface area contributed by atoms with E-state index in [0.717, 1.165) is 12.1 Å². The van der Waals surface area contributed by atoms with Crippen LogP contribution in [0.4, 0.5) is 0 Å². The third-order valence-electron chi connectivity index (χ3n) is 3.20. The molecule has 0 N–H and O–H groups in total. The SMILES string of the molecule is C=CCOCC1COB(c2ccc(C3CO3)cc2)O1. The van der Waals surface area contributed by atoms with E-state index in [9.17, 15) is 0 Å². The number of hydrogen-bond donors (Lipinski definition) is 0. The van der Waals surface area contributed by atoms with Gasteiger partial charge in [0.05, 0.1) is 32.5 Å². The first-order chi connectivity index (χ1) is 9.36. The first kappa shape index (κ1) is 12.9. The van der Waals surface area contributed by atoms with Crippen LogP contribution in [-0.2, 0) is 18.8 Å². The van der Waals surface area contributed by atoms with Crippen molar-refractivity contribution in [1.82, 2.24) is 0 Å². The van der Waals surface area contributed by atoms with Gasteiger partial charge in [-0.2, -0.15) is 0 Å². The summed E-state index contributed by atoms with van der Waals surface area (Å²) in [5.74, 6) is 0. The maximum absolute atomic E-state index is 5.80. The Morgan fingerprint density at radius 1 is 1.32 bits per heavy atom. The van der Waals surface area contributed by atoms with Gasteiger partial charge in [0, 0.05) is 0 Å². The van der Waals surface area contributed by atoms with Crippen LogP contribution in [0.5, 0.6) is 0 Å². The Hall–Kier alpha value is -1.14. The molecule has 3 rings (SSSR count). The highest BCUT2D eigenvalue weighted by atomic mass is 16.7. The maximum atomic E-state index is 5.80. The van der Waals surface area contributed by atoms with Crippen molar-refractivity contribution < 1.29 is 18.8 Å². The summed E-state index contributed by atoms with van der Waals surface area (Å²) < 4.78 is 22.1. The lowest BCUT2D eigenvalue weighted by atomic mass is 9.79. The summed E-state index contributed by atoms with van der Waals surface area (Å²) in [6.45, 7) is 6.08. The van der Waals surface area contributed by atoms with Crippen molar-refractivity contribution in [2.75, 3.05) is 26.4 Å². The van der Waals surface area contributed by atoms with Crippen molar-refractivity contribution in [2.24, 2.45) is 0 Å². The molecule has 2 fully saturated rings. The molecule has 0 spiro atoms. The maximum Gasteiger partial charge on any atom is 0.494 e. The molecule has 2 atom stereocenters. The van der Waals surface area contributed by atoms with E-state index in [4.69, 9.17) is 18.8 Å². The molecular weight excluding hydrogens is 243 g/mol. The van der Waals surface area contributed by atoms with Crippen molar-refractivity contribution in [1.29, 1.82) is 0 Å². The molecule has 0 radical (unpaired) electrons. The smallest absolute Gasteiger partial charge is 0.405 e. The van der Waals surface area contributed by atoms with Gasteiger partial charge in [0.15, 0.2) is 0 Å². The molecule has 0 bridgehead atoms. The minimum absolute atomic E-state index is 0.00334. The Morgan fingerprint density at radius 3 is 2.79 bits per heavy atom. The zero-order chi connectivity index (χ0) is 13.1. The van der Waals surface area contributed by atoms with Gasteiger partial charge < -0.3 is 18.8 Å². The first-order valence-corrected chi connectivity index (χ1v) is 6.54. The first-order valence-electron chi connectivity index (χ1n) is 6.54. The molecule has 2 aliphatic heterocycles. The molecule has 0 saturated carbocycles. The van der Waals surface area contributed by atoms with Gasteiger partial charge in [0.1, 0.15) is 6.10 Å². The highest BCUT2D eigenvalue weighted by Crippen LogP contribution is 2.28. The van der Waals surface area contributed by atoms with Crippen LogP contribution in [-0.4, -0.2) is 39.6 Å². The van der Waals surface area contributed by atoms with Gasteiger partial charge in [0.2, 0.25) is 0 Å². The number of ether oxygens (including phenoxy) is 2. The van der Waals surface area contributed by atoms with Crippen molar-refractivity contribution in [3.63, 3.8) is 0 Å². The summed E-state index contributed by atoms with van der Waals surface area (Å²) in [6, 6.07) is 8.21. The highest BCUT2D eigenvalue weighted by molar-refractivity contribution is 6.61. The fraction of sp³-hybridized carbons (Fsp3) is 0.429. The summed E-state index contributed by atoms with van der Waals surface area (Å²) in [5.41, 5.74) is 2.25. The van der Waals surface area contributed by atoms with Crippen LogP contribution < -0.4 is 5.46 Å². The van der Waals surface area contributed by atoms with Crippen molar-refractivity contribution in [3.05, 3.63) is 42.5 Å². The summed E-state index contributed by atoms with van der Waals surface area (Å²) >= 11 is 0. The van der Waals surface area contributed by atoms with Crippen molar-refractivity contribution >= 4 is 12.6 Å². The fourth-order valence-corrected chi connectivity index (χ4v) is 2.10. The fourth-order valence-electron chi connectivity index (χ4n) is 2.10. The third kappa shape index (κ3) is 3.25. The Kier molecular flexibility index (Phi) is 3.99. The zero-order valence-electron chi connectivity index (χ0n) is 10.8. The number of epoxide rings is 1. The zero-order valence-corrected chi connectivity index (χ0v) is 10.8.